The van der Waals surface area contributed by atoms with Crippen molar-refractivity contribution in [3.8, 4) is 5.75 Å². The number of likely N-dealkylation sites (tertiary alicyclic amines) is 1. The smallest absolute Gasteiger partial charge is 0.271 e. The Hall–Kier alpha value is -6.78. The SMILES string of the molecule is CNC(C)C(=O)NC(C(=O)N1C[C@@H](NC(=O)c2cnc(N3CCN(CCOc4cc5ncnc(Nc6n[nH]c(C)c6C)c5cc4S(=O)(=O)C(C)(C)C)CC3)cn2)C[C@H]1C(=O)N[C@@H]1CCCc2ccccc21)C1CCCCC1. The van der Waals surface area contributed by atoms with Gasteiger partial charge in [-0.15, -0.1) is 0 Å². The Balaban J connectivity index is 0.829. The third kappa shape index (κ3) is 12.2. The highest BCUT2D eigenvalue weighted by atomic mass is 32.2. The van der Waals surface area contributed by atoms with Crippen molar-refractivity contribution >= 4 is 61.8 Å². The molecule has 2 saturated heterocycles. The van der Waals surface area contributed by atoms with Gasteiger partial charge in [0.25, 0.3) is 5.91 Å². The molecule has 2 aliphatic carbocycles. The first-order valence-electron chi connectivity index (χ1n) is 27.1. The second-order valence-corrected chi connectivity index (χ2v) is 24.7. The number of benzene rings is 2. The van der Waals surface area contributed by atoms with Crippen LogP contribution >= 0.6 is 0 Å². The number of anilines is 3. The molecule has 6 N–H and O–H groups in total. The van der Waals surface area contributed by atoms with Gasteiger partial charge in [-0.1, -0.05) is 43.5 Å². The maximum atomic E-state index is 14.8. The molecule has 2 aromatic carbocycles. The first-order chi connectivity index (χ1) is 36.9. The molecule has 0 bridgehead atoms. The van der Waals surface area contributed by atoms with Crippen LogP contribution in [0.5, 0.6) is 5.75 Å². The van der Waals surface area contributed by atoms with Crippen LogP contribution in [0, 0.1) is 19.8 Å². The second kappa shape index (κ2) is 23.4. The van der Waals surface area contributed by atoms with Gasteiger partial charge in [0, 0.05) is 68.0 Å². The molecule has 2 aliphatic heterocycles. The number of aromatic amines is 1. The van der Waals surface area contributed by atoms with Crippen molar-refractivity contribution in [1.29, 1.82) is 0 Å². The average Bonchev–Trinajstić information content (AvgIpc) is 4.01. The number of carbonyl (C=O) groups is 4. The molecule has 77 heavy (non-hydrogen) atoms. The number of carbonyl (C=O) groups excluding carboxylic acids is 4. The van der Waals surface area contributed by atoms with E-state index in [4.69, 9.17) is 4.74 Å². The van der Waals surface area contributed by atoms with Gasteiger partial charge >= 0.3 is 0 Å². The van der Waals surface area contributed by atoms with E-state index in [1.54, 1.807) is 58.0 Å². The van der Waals surface area contributed by atoms with Crippen LogP contribution < -0.4 is 36.2 Å². The Morgan fingerprint density at radius 2 is 1.66 bits per heavy atom. The van der Waals surface area contributed by atoms with Crippen LogP contribution in [-0.4, -0.2) is 154 Å². The third-order valence-electron chi connectivity index (χ3n) is 15.9. The fraction of sp³-hybridized carbons (Fsp3) is 0.545. The zero-order valence-corrected chi connectivity index (χ0v) is 46.1. The maximum Gasteiger partial charge on any atom is 0.271 e. The molecule has 4 amide bonds. The summed E-state index contributed by atoms with van der Waals surface area (Å²) in [5, 5.41) is 23.4. The van der Waals surface area contributed by atoms with E-state index >= 15 is 0 Å². The fourth-order valence-electron chi connectivity index (χ4n) is 10.9. The van der Waals surface area contributed by atoms with E-state index in [2.05, 4.69) is 72.6 Å². The number of hydrogen-bond acceptors (Lipinski definition) is 16. The number of fused-ring (bicyclic) bond motifs is 2. The molecule has 5 atom stereocenters. The predicted molar refractivity (Wildman–Crippen MR) is 293 cm³/mol. The fourth-order valence-corrected chi connectivity index (χ4v) is 12.2. The summed E-state index contributed by atoms with van der Waals surface area (Å²) in [6.07, 6.45) is 11.8. The van der Waals surface area contributed by atoms with Crippen LogP contribution in [0.25, 0.3) is 10.9 Å². The zero-order valence-electron chi connectivity index (χ0n) is 45.3. The molecule has 4 aliphatic rings. The van der Waals surface area contributed by atoms with Crippen LogP contribution in [-0.2, 0) is 30.6 Å². The number of aromatic nitrogens is 6. The molecule has 9 rings (SSSR count). The highest BCUT2D eigenvalue weighted by Gasteiger charge is 2.45. The summed E-state index contributed by atoms with van der Waals surface area (Å²) in [6, 6.07) is 8.38. The van der Waals surface area contributed by atoms with Gasteiger partial charge in [0.05, 0.1) is 34.7 Å². The van der Waals surface area contributed by atoms with E-state index in [0.717, 1.165) is 68.2 Å². The Kier molecular flexibility index (Phi) is 16.7. The van der Waals surface area contributed by atoms with Crippen molar-refractivity contribution < 1.29 is 32.3 Å². The van der Waals surface area contributed by atoms with Crippen molar-refractivity contribution in [2.45, 2.75) is 139 Å². The number of nitrogens with one attached hydrogen (secondary N) is 6. The van der Waals surface area contributed by atoms with Gasteiger partial charge in [-0.05, 0) is 110 Å². The summed E-state index contributed by atoms with van der Waals surface area (Å²) in [5.41, 5.74) is 4.71. The number of sulfone groups is 1. The molecule has 21 nitrogen and oxygen atoms in total. The molecular formula is C55H74N14O7S. The first-order valence-corrected chi connectivity index (χ1v) is 28.6. The number of nitrogens with zero attached hydrogens (tertiary/aromatic N) is 8. The molecule has 0 radical (unpaired) electrons. The molecule has 5 aromatic rings. The van der Waals surface area contributed by atoms with Crippen molar-refractivity contribution in [2.24, 2.45) is 5.92 Å². The van der Waals surface area contributed by atoms with E-state index in [9.17, 15) is 27.6 Å². The number of rotatable bonds is 17. The van der Waals surface area contributed by atoms with Crippen LogP contribution in [0.1, 0.15) is 118 Å². The monoisotopic (exact) mass is 1070 g/mol. The number of ether oxygens (including phenoxy) is 1. The van der Waals surface area contributed by atoms with Gasteiger partial charge in [-0.2, -0.15) is 5.10 Å². The topological polar surface area (TPSA) is 262 Å². The summed E-state index contributed by atoms with van der Waals surface area (Å²) < 4.78 is 33.3. The molecule has 1 saturated carbocycles. The van der Waals surface area contributed by atoms with Crippen molar-refractivity contribution in [3.63, 3.8) is 0 Å². The van der Waals surface area contributed by atoms with Gasteiger partial charge in [0.15, 0.2) is 15.7 Å². The van der Waals surface area contributed by atoms with Gasteiger partial charge in [-0.3, -0.25) is 29.2 Å². The lowest BCUT2D eigenvalue weighted by Crippen LogP contribution is -2.58. The van der Waals surface area contributed by atoms with Crippen LogP contribution in [0.15, 0.2) is 60.0 Å². The Bertz CT molecular complexity index is 3060. The minimum Gasteiger partial charge on any atom is -0.491 e. The average molecular weight is 1080 g/mol. The highest BCUT2D eigenvalue weighted by Crippen LogP contribution is 2.38. The van der Waals surface area contributed by atoms with Gasteiger partial charge in [0.1, 0.15) is 53.0 Å². The number of piperazine rings is 1. The summed E-state index contributed by atoms with van der Waals surface area (Å²) in [6.45, 7) is 14.0. The van der Waals surface area contributed by atoms with E-state index in [1.165, 1.54) is 18.1 Å². The number of aryl methyl sites for hydroxylation is 2. The molecular weight excluding hydrogens is 1000 g/mol. The van der Waals surface area contributed by atoms with E-state index in [1.807, 2.05) is 32.0 Å². The lowest BCUT2D eigenvalue weighted by atomic mass is 9.83. The number of likely N-dealkylation sites (N-methyl/N-ethyl adjacent to an activating group) is 1. The summed E-state index contributed by atoms with van der Waals surface area (Å²) in [7, 11) is -2.17. The van der Waals surface area contributed by atoms with Gasteiger partial charge in [-0.25, -0.2) is 28.4 Å². The van der Waals surface area contributed by atoms with Crippen LogP contribution in [0.2, 0.25) is 0 Å². The second-order valence-electron chi connectivity index (χ2n) is 22.0. The normalized spacial score (nSPS) is 20.3. The largest absolute Gasteiger partial charge is 0.491 e. The lowest BCUT2D eigenvalue weighted by molar-refractivity contribution is -0.143. The highest BCUT2D eigenvalue weighted by molar-refractivity contribution is 7.92. The minimum atomic E-state index is -3.87. The zero-order chi connectivity index (χ0) is 54.6. The molecule has 22 heteroatoms. The lowest BCUT2D eigenvalue weighted by Gasteiger charge is -2.35. The van der Waals surface area contributed by atoms with E-state index < -0.39 is 44.7 Å². The minimum absolute atomic E-state index is 0.0552. The Morgan fingerprint density at radius 1 is 0.896 bits per heavy atom. The van der Waals surface area contributed by atoms with Crippen molar-refractivity contribution in [2.75, 3.05) is 63.1 Å². The van der Waals surface area contributed by atoms with Crippen LogP contribution in [0.3, 0.4) is 0 Å². The van der Waals surface area contributed by atoms with Gasteiger partial charge < -0.3 is 41.1 Å². The summed E-state index contributed by atoms with van der Waals surface area (Å²) >= 11 is 0. The van der Waals surface area contributed by atoms with E-state index in [0.29, 0.717) is 61.1 Å². The van der Waals surface area contributed by atoms with Gasteiger partial charge in [0.2, 0.25) is 17.7 Å². The molecule has 2 unspecified atom stereocenters. The Labute approximate surface area is 450 Å². The predicted octanol–water partition coefficient (Wildman–Crippen LogP) is 4.84. The summed E-state index contributed by atoms with van der Waals surface area (Å²) in [5.74, 6) is 0.408. The number of H-pyrrole nitrogens is 1. The summed E-state index contributed by atoms with van der Waals surface area (Å²) in [4.78, 5) is 80.5. The first kappa shape index (κ1) is 55.0. The molecule has 5 heterocycles. The molecule has 3 fully saturated rings. The number of hydrogen-bond donors (Lipinski definition) is 6. The molecule has 0 spiro atoms. The molecule has 3 aromatic heterocycles. The quantitative estimate of drug-likeness (QED) is 0.0728. The standard InChI is InChI=1S/C55H74N14O7S/c1-33-34(2)65-66-49(33)64-50-40-27-46(77(74,75)55(4,5)6)45(28-42(40)59-32-60-50)76-25-24-67-20-22-68(23-21-67)47-30-57-43(29-58-47)52(71)61-38-26-44(53(72)62-41-19-13-17-36-14-11-12-18-39(36)41)69(31-38)54(73)48(37-15-9-8-10-16-37)63-51(70)35(3)56-7/h11-12,14,18,27-30,32,35,37-38,41,44,48,56H,8-10,13,15-17,19-26,31H2,1-7H3,(H,61,71)(H,62,72)(H,63,70)(H2,59,60,64,65,66)/t35?,38-,41+,44-,48?/m0/s1. The third-order valence-corrected chi connectivity index (χ3v) is 18.4. The van der Waals surface area contributed by atoms with E-state index in [-0.39, 0.29) is 65.6 Å². The number of amides is 4. The van der Waals surface area contributed by atoms with Crippen molar-refractivity contribution in [3.05, 3.63) is 83.2 Å². The van der Waals surface area contributed by atoms with Crippen molar-refractivity contribution in [1.82, 2.24) is 61.2 Å². The Morgan fingerprint density at radius 3 is 2.36 bits per heavy atom. The maximum absolute atomic E-state index is 14.8. The molecule has 412 valence electrons. The van der Waals surface area contributed by atoms with Crippen LogP contribution in [0.4, 0.5) is 17.5 Å².